The molecule has 0 fully saturated rings. The van der Waals surface area contributed by atoms with E-state index in [1.54, 1.807) is 25.3 Å². The van der Waals surface area contributed by atoms with Gasteiger partial charge in [-0.1, -0.05) is 42.5 Å². The minimum Gasteiger partial charge on any atom is -0.484 e. The lowest BCUT2D eigenvalue weighted by molar-refractivity contribution is -0.123. The lowest BCUT2D eigenvalue weighted by Gasteiger charge is -2.07. The summed E-state index contributed by atoms with van der Waals surface area (Å²) < 4.78 is 10.7. The van der Waals surface area contributed by atoms with Crippen molar-refractivity contribution in [3.05, 3.63) is 78.8 Å². The van der Waals surface area contributed by atoms with Gasteiger partial charge in [-0.25, -0.2) is 5.43 Å². The molecule has 0 aliphatic rings. The van der Waals surface area contributed by atoms with Crippen molar-refractivity contribution in [2.45, 2.75) is 6.92 Å². The Labute approximate surface area is 145 Å². The Hall–Kier alpha value is -3.34. The van der Waals surface area contributed by atoms with Gasteiger partial charge >= 0.3 is 0 Å². The molecule has 5 heteroatoms. The van der Waals surface area contributed by atoms with E-state index >= 15 is 0 Å². The van der Waals surface area contributed by atoms with Crippen molar-refractivity contribution in [1.82, 2.24) is 5.43 Å². The van der Waals surface area contributed by atoms with E-state index in [0.717, 1.165) is 11.1 Å². The van der Waals surface area contributed by atoms with Gasteiger partial charge < -0.3 is 9.15 Å². The van der Waals surface area contributed by atoms with E-state index < -0.39 is 0 Å². The maximum absolute atomic E-state index is 11.8. The van der Waals surface area contributed by atoms with Crippen LogP contribution in [0.4, 0.5) is 0 Å². The number of nitrogens with one attached hydrogen (secondary N) is 1. The van der Waals surface area contributed by atoms with Crippen LogP contribution in [0.1, 0.15) is 12.7 Å². The summed E-state index contributed by atoms with van der Waals surface area (Å²) in [6.07, 6.45) is 1.55. The molecule has 0 saturated carbocycles. The molecule has 0 saturated heterocycles. The first-order valence-corrected chi connectivity index (χ1v) is 7.87. The molecule has 126 valence electrons. The fraction of sp³-hybridized carbons (Fsp3) is 0.100. The Balaban J connectivity index is 1.51. The Bertz CT molecular complexity index is 838. The van der Waals surface area contributed by atoms with Crippen LogP contribution < -0.4 is 10.2 Å². The molecule has 1 N–H and O–H groups in total. The SMILES string of the molecule is CC(=NNC(=O)COc1ccc(-c2ccccc2)cc1)c1ccco1. The average molecular weight is 334 g/mol. The first kappa shape index (κ1) is 16.5. The largest absolute Gasteiger partial charge is 0.484 e. The van der Waals surface area contributed by atoms with Crippen molar-refractivity contribution in [2.75, 3.05) is 6.61 Å². The summed E-state index contributed by atoms with van der Waals surface area (Å²) in [7, 11) is 0. The number of hydrogen-bond donors (Lipinski definition) is 1. The van der Waals surface area contributed by atoms with E-state index in [1.165, 1.54) is 0 Å². The van der Waals surface area contributed by atoms with Gasteiger partial charge in [-0.15, -0.1) is 0 Å². The lowest BCUT2D eigenvalue weighted by atomic mass is 10.1. The average Bonchev–Trinajstić information content (AvgIpc) is 3.20. The summed E-state index contributed by atoms with van der Waals surface area (Å²) in [4.78, 5) is 11.8. The fourth-order valence-electron chi connectivity index (χ4n) is 2.24. The van der Waals surface area contributed by atoms with Gasteiger partial charge in [0.05, 0.1) is 6.26 Å². The van der Waals surface area contributed by atoms with Crippen molar-refractivity contribution in [2.24, 2.45) is 5.10 Å². The molecule has 5 nitrogen and oxygen atoms in total. The third-order valence-electron chi connectivity index (χ3n) is 3.56. The van der Waals surface area contributed by atoms with E-state index in [1.807, 2.05) is 54.6 Å². The highest BCUT2D eigenvalue weighted by molar-refractivity contribution is 5.96. The molecule has 3 rings (SSSR count). The van der Waals surface area contributed by atoms with Gasteiger partial charge in [0.2, 0.25) is 0 Å². The second kappa shape index (κ2) is 7.97. The number of carbonyl (C=O) groups excluding carboxylic acids is 1. The van der Waals surface area contributed by atoms with Crippen molar-refractivity contribution < 1.29 is 13.9 Å². The number of hydrazone groups is 1. The summed E-state index contributed by atoms with van der Waals surface area (Å²) >= 11 is 0. The zero-order chi connectivity index (χ0) is 17.5. The molecule has 0 atom stereocenters. The first-order chi connectivity index (χ1) is 12.2. The number of carbonyl (C=O) groups is 1. The second-order valence-electron chi connectivity index (χ2n) is 5.39. The Morgan fingerprint density at radius 3 is 2.40 bits per heavy atom. The van der Waals surface area contributed by atoms with Gasteiger partial charge in [-0.2, -0.15) is 5.10 Å². The number of furan rings is 1. The van der Waals surface area contributed by atoms with Crippen molar-refractivity contribution in [1.29, 1.82) is 0 Å². The lowest BCUT2D eigenvalue weighted by Crippen LogP contribution is -2.25. The van der Waals surface area contributed by atoms with E-state index in [-0.39, 0.29) is 12.5 Å². The molecule has 0 bridgehead atoms. The molecule has 25 heavy (non-hydrogen) atoms. The van der Waals surface area contributed by atoms with Gasteiger partial charge in [-0.05, 0) is 42.3 Å². The van der Waals surface area contributed by atoms with Crippen LogP contribution in [0.3, 0.4) is 0 Å². The normalized spacial score (nSPS) is 11.2. The minimum absolute atomic E-state index is 0.111. The summed E-state index contributed by atoms with van der Waals surface area (Å²) in [6.45, 7) is 1.64. The molecule has 0 aliphatic carbocycles. The van der Waals surface area contributed by atoms with Gasteiger partial charge in [-0.3, -0.25) is 4.79 Å². The van der Waals surface area contributed by atoms with Crippen LogP contribution in [-0.2, 0) is 4.79 Å². The summed E-state index contributed by atoms with van der Waals surface area (Å²) in [5.41, 5.74) is 5.26. The highest BCUT2D eigenvalue weighted by Crippen LogP contribution is 2.21. The maximum Gasteiger partial charge on any atom is 0.277 e. The number of ether oxygens (including phenoxy) is 1. The predicted octanol–water partition coefficient (Wildman–Crippen LogP) is 3.87. The third-order valence-corrected chi connectivity index (χ3v) is 3.56. The van der Waals surface area contributed by atoms with Crippen LogP contribution in [-0.4, -0.2) is 18.2 Å². The highest BCUT2D eigenvalue weighted by atomic mass is 16.5. The number of benzene rings is 2. The molecule has 0 radical (unpaired) electrons. The highest BCUT2D eigenvalue weighted by Gasteiger charge is 2.04. The van der Waals surface area contributed by atoms with Gasteiger partial charge in [0, 0.05) is 0 Å². The van der Waals surface area contributed by atoms with Crippen LogP contribution in [0, 0.1) is 0 Å². The number of hydrogen-bond acceptors (Lipinski definition) is 4. The van der Waals surface area contributed by atoms with Crippen molar-refractivity contribution in [3.8, 4) is 16.9 Å². The van der Waals surface area contributed by atoms with Gasteiger partial charge in [0.15, 0.2) is 6.61 Å². The van der Waals surface area contributed by atoms with Crippen LogP contribution >= 0.6 is 0 Å². The number of amides is 1. The molecule has 0 aliphatic heterocycles. The molecule has 1 amide bonds. The smallest absolute Gasteiger partial charge is 0.277 e. The van der Waals surface area contributed by atoms with Crippen LogP contribution in [0.15, 0.2) is 82.5 Å². The number of rotatable bonds is 6. The molecule has 1 heterocycles. The van der Waals surface area contributed by atoms with Gasteiger partial charge in [0.25, 0.3) is 5.91 Å². The van der Waals surface area contributed by atoms with E-state index in [2.05, 4.69) is 10.5 Å². The summed E-state index contributed by atoms with van der Waals surface area (Å²) in [5.74, 6) is 0.900. The van der Waals surface area contributed by atoms with E-state index in [4.69, 9.17) is 9.15 Å². The molecule has 0 unspecified atom stereocenters. The molecule has 0 spiro atoms. The zero-order valence-electron chi connectivity index (χ0n) is 13.8. The molecule has 2 aromatic carbocycles. The second-order valence-corrected chi connectivity index (χ2v) is 5.39. The summed E-state index contributed by atoms with van der Waals surface area (Å²) in [5, 5.41) is 3.98. The predicted molar refractivity (Wildman–Crippen MR) is 96.4 cm³/mol. The molecule has 1 aromatic heterocycles. The molecular weight excluding hydrogens is 316 g/mol. The summed E-state index contributed by atoms with van der Waals surface area (Å²) in [6, 6.07) is 21.2. The number of nitrogens with zero attached hydrogens (tertiary/aromatic N) is 1. The topological polar surface area (TPSA) is 63.8 Å². The third kappa shape index (κ3) is 4.57. The fourth-order valence-corrected chi connectivity index (χ4v) is 2.24. The van der Waals surface area contributed by atoms with Crippen molar-refractivity contribution in [3.63, 3.8) is 0 Å². The maximum atomic E-state index is 11.8. The standard InChI is InChI=1S/C20H18N2O3/c1-15(19-8-5-13-24-19)21-22-20(23)14-25-18-11-9-17(10-12-18)16-6-3-2-4-7-16/h2-13H,14H2,1H3,(H,22,23). The van der Waals surface area contributed by atoms with Crippen LogP contribution in [0.5, 0.6) is 5.75 Å². The van der Waals surface area contributed by atoms with Crippen molar-refractivity contribution >= 4 is 11.6 Å². The monoisotopic (exact) mass is 334 g/mol. The Morgan fingerprint density at radius 2 is 1.72 bits per heavy atom. The zero-order valence-corrected chi connectivity index (χ0v) is 13.8. The quantitative estimate of drug-likeness (QED) is 0.550. The Morgan fingerprint density at radius 1 is 1.00 bits per heavy atom. The first-order valence-electron chi connectivity index (χ1n) is 7.87. The van der Waals surface area contributed by atoms with Gasteiger partial charge in [0.1, 0.15) is 17.2 Å². The Kier molecular flexibility index (Phi) is 5.26. The van der Waals surface area contributed by atoms with E-state index in [9.17, 15) is 4.79 Å². The van der Waals surface area contributed by atoms with Crippen LogP contribution in [0.2, 0.25) is 0 Å². The molecule has 3 aromatic rings. The minimum atomic E-state index is -0.335. The van der Waals surface area contributed by atoms with Crippen LogP contribution in [0.25, 0.3) is 11.1 Å². The van der Waals surface area contributed by atoms with E-state index in [0.29, 0.717) is 17.2 Å². The molecular formula is C20H18N2O3.